The Labute approximate surface area is 75.0 Å². The van der Waals surface area contributed by atoms with E-state index in [4.69, 9.17) is 4.42 Å². The van der Waals surface area contributed by atoms with E-state index < -0.39 is 0 Å². The summed E-state index contributed by atoms with van der Waals surface area (Å²) in [4.78, 5) is 14.0. The van der Waals surface area contributed by atoms with Crippen molar-refractivity contribution in [2.75, 3.05) is 0 Å². The number of hydrogen-bond donors (Lipinski definition) is 1. The summed E-state index contributed by atoms with van der Waals surface area (Å²) in [6, 6.07) is 5.46. The molecule has 0 spiro atoms. The van der Waals surface area contributed by atoms with Crippen molar-refractivity contribution in [3.8, 4) is 11.3 Å². The maximum atomic E-state index is 11.2. The smallest absolute Gasteiger partial charge is 0.251 e. The summed E-state index contributed by atoms with van der Waals surface area (Å²) >= 11 is 0. The molecule has 0 fully saturated rings. The Morgan fingerprint density at radius 1 is 1.31 bits per heavy atom. The second-order valence-corrected chi connectivity index (χ2v) is 2.90. The fraction of sp³-hybridized carbons (Fsp3) is 0.100. The fourth-order valence-corrected chi connectivity index (χ4v) is 1.13. The molecule has 0 aliphatic heterocycles. The summed E-state index contributed by atoms with van der Waals surface area (Å²) in [5.74, 6) is 0. The van der Waals surface area contributed by atoms with Crippen LogP contribution in [0.25, 0.3) is 11.3 Å². The zero-order chi connectivity index (χ0) is 9.26. The van der Waals surface area contributed by atoms with E-state index in [2.05, 4.69) is 4.98 Å². The maximum Gasteiger partial charge on any atom is 0.251 e. The minimum Gasteiger partial charge on any atom is -0.472 e. The second kappa shape index (κ2) is 2.94. The number of aromatic amines is 1. The van der Waals surface area contributed by atoms with Gasteiger partial charge in [-0.3, -0.25) is 4.79 Å². The lowest BCUT2D eigenvalue weighted by Gasteiger charge is -1.96. The highest BCUT2D eigenvalue weighted by molar-refractivity contribution is 5.56. The van der Waals surface area contributed by atoms with Crippen molar-refractivity contribution >= 4 is 0 Å². The lowest BCUT2D eigenvalue weighted by Crippen LogP contribution is -2.08. The van der Waals surface area contributed by atoms with E-state index in [0.717, 1.165) is 11.3 Å². The van der Waals surface area contributed by atoms with Gasteiger partial charge in [-0.15, -0.1) is 0 Å². The molecule has 0 saturated heterocycles. The first-order valence-electron chi connectivity index (χ1n) is 4.00. The van der Waals surface area contributed by atoms with Gasteiger partial charge in [0.05, 0.1) is 18.2 Å². The number of aryl methyl sites for hydroxylation is 1. The lowest BCUT2D eigenvalue weighted by atomic mass is 10.2. The molecule has 0 radical (unpaired) electrons. The Hall–Kier alpha value is -1.77. The molecule has 2 aromatic rings. The van der Waals surface area contributed by atoms with Crippen molar-refractivity contribution in [3.63, 3.8) is 0 Å². The Balaban J connectivity index is 2.55. The number of nitrogens with one attached hydrogen (secondary N) is 1. The molecule has 3 nitrogen and oxygen atoms in total. The predicted molar refractivity (Wildman–Crippen MR) is 49.5 cm³/mol. The van der Waals surface area contributed by atoms with Crippen LogP contribution in [0.3, 0.4) is 0 Å². The van der Waals surface area contributed by atoms with Crippen molar-refractivity contribution in [2.45, 2.75) is 6.92 Å². The van der Waals surface area contributed by atoms with Gasteiger partial charge in [0.25, 0.3) is 5.56 Å². The second-order valence-electron chi connectivity index (χ2n) is 2.90. The van der Waals surface area contributed by atoms with Gasteiger partial charge >= 0.3 is 0 Å². The minimum absolute atomic E-state index is 0.0568. The summed E-state index contributed by atoms with van der Waals surface area (Å²) < 4.78 is 4.92. The van der Waals surface area contributed by atoms with E-state index in [9.17, 15) is 4.79 Å². The van der Waals surface area contributed by atoms with Gasteiger partial charge in [-0.25, -0.2) is 0 Å². The van der Waals surface area contributed by atoms with Gasteiger partial charge < -0.3 is 9.40 Å². The average molecular weight is 175 g/mol. The topological polar surface area (TPSA) is 46.0 Å². The van der Waals surface area contributed by atoms with Crippen molar-refractivity contribution in [2.24, 2.45) is 0 Å². The van der Waals surface area contributed by atoms with Crippen LogP contribution in [0.15, 0.2) is 39.9 Å². The van der Waals surface area contributed by atoms with E-state index in [-0.39, 0.29) is 5.56 Å². The van der Waals surface area contributed by atoms with E-state index in [0.29, 0.717) is 5.56 Å². The van der Waals surface area contributed by atoms with Crippen LogP contribution in [-0.2, 0) is 0 Å². The molecule has 0 saturated carbocycles. The third-order valence-electron chi connectivity index (χ3n) is 1.94. The first-order chi connectivity index (χ1) is 6.27. The van der Waals surface area contributed by atoms with E-state index in [1.165, 1.54) is 0 Å². The van der Waals surface area contributed by atoms with Crippen LogP contribution in [0.2, 0.25) is 0 Å². The normalized spacial score (nSPS) is 10.2. The maximum absolute atomic E-state index is 11.2. The molecule has 0 aliphatic carbocycles. The Morgan fingerprint density at radius 2 is 2.15 bits per heavy atom. The standard InChI is InChI=1S/C10H9NO2/c1-7-2-3-9(11-10(7)12)8-4-5-13-6-8/h2-6H,1H3,(H,11,12). The van der Waals surface area contributed by atoms with Gasteiger partial charge in [0.15, 0.2) is 0 Å². The first kappa shape index (κ1) is 7.86. The van der Waals surface area contributed by atoms with Gasteiger partial charge in [-0.2, -0.15) is 0 Å². The average Bonchev–Trinajstić information content (AvgIpc) is 2.62. The summed E-state index contributed by atoms with van der Waals surface area (Å²) in [6.45, 7) is 1.78. The first-order valence-corrected chi connectivity index (χ1v) is 4.00. The molecule has 0 atom stereocenters. The van der Waals surface area contributed by atoms with E-state index in [1.54, 1.807) is 31.6 Å². The van der Waals surface area contributed by atoms with Gasteiger partial charge in [0.2, 0.25) is 0 Å². The quantitative estimate of drug-likeness (QED) is 0.719. The van der Waals surface area contributed by atoms with Crippen molar-refractivity contribution in [3.05, 3.63) is 46.6 Å². The van der Waals surface area contributed by atoms with E-state index >= 15 is 0 Å². The molecule has 13 heavy (non-hydrogen) atoms. The Bertz CT molecular complexity index is 454. The molecule has 2 aromatic heterocycles. The summed E-state index contributed by atoms with van der Waals surface area (Å²) in [5, 5.41) is 0. The lowest BCUT2D eigenvalue weighted by molar-refractivity contribution is 0.568. The van der Waals surface area contributed by atoms with Crippen LogP contribution < -0.4 is 5.56 Å². The minimum atomic E-state index is -0.0568. The molecule has 3 heteroatoms. The molecular weight excluding hydrogens is 166 g/mol. The van der Waals surface area contributed by atoms with Gasteiger partial charge in [-0.1, -0.05) is 6.07 Å². The van der Waals surface area contributed by atoms with Gasteiger partial charge in [0, 0.05) is 11.1 Å². The number of rotatable bonds is 1. The van der Waals surface area contributed by atoms with Crippen molar-refractivity contribution in [1.82, 2.24) is 4.98 Å². The van der Waals surface area contributed by atoms with Crippen LogP contribution in [0.4, 0.5) is 0 Å². The highest BCUT2D eigenvalue weighted by atomic mass is 16.3. The molecule has 0 amide bonds. The molecule has 0 bridgehead atoms. The SMILES string of the molecule is Cc1ccc(-c2ccoc2)[nH]c1=O. The number of H-pyrrole nitrogens is 1. The molecule has 0 unspecified atom stereocenters. The highest BCUT2D eigenvalue weighted by Gasteiger charge is 2.00. The third-order valence-corrected chi connectivity index (χ3v) is 1.94. The summed E-state index contributed by atoms with van der Waals surface area (Å²) in [7, 11) is 0. The number of pyridine rings is 1. The zero-order valence-corrected chi connectivity index (χ0v) is 7.20. The molecule has 2 rings (SSSR count). The summed E-state index contributed by atoms with van der Waals surface area (Å²) in [6.07, 6.45) is 3.17. The largest absolute Gasteiger partial charge is 0.472 e. The molecule has 0 aliphatic rings. The number of furan rings is 1. The third kappa shape index (κ3) is 1.40. The zero-order valence-electron chi connectivity index (χ0n) is 7.20. The number of hydrogen-bond acceptors (Lipinski definition) is 2. The Morgan fingerprint density at radius 3 is 2.77 bits per heavy atom. The molecular formula is C10H9NO2. The molecule has 66 valence electrons. The monoisotopic (exact) mass is 175 g/mol. The summed E-state index contributed by atoms with van der Waals surface area (Å²) in [5.41, 5.74) is 2.33. The van der Waals surface area contributed by atoms with Crippen molar-refractivity contribution in [1.29, 1.82) is 0 Å². The Kier molecular flexibility index (Phi) is 1.77. The van der Waals surface area contributed by atoms with Crippen LogP contribution in [0.5, 0.6) is 0 Å². The molecule has 0 aromatic carbocycles. The fourth-order valence-electron chi connectivity index (χ4n) is 1.13. The predicted octanol–water partition coefficient (Wildman–Crippen LogP) is 1.94. The van der Waals surface area contributed by atoms with Gasteiger partial charge in [-0.05, 0) is 19.1 Å². The van der Waals surface area contributed by atoms with Crippen molar-refractivity contribution < 1.29 is 4.42 Å². The van der Waals surface area contributed by atoms with E-state index in [1.807, 2.05) is 6.07 Å². The van der Waals surface area contributed by atoms with Crippen LogP contribution in [0, 0.1) is 6.92 Å². The molecule has 1 N–H and O–H groups in total. The van der Waals surface area contributed by atoms with Crippen LogP contribution in [0.1, 0.15) is 5.56 Å². The van der Waals surface area contributed by atoms with Crippen LogP contribution in [-0.4, -0.2) is 4.98 Å². The number of aromatic nitrogens is 1. The highest BCUT2D eigenvalue weighted by Crippen LogP contribution is 2.15. The van der Waals surface area contributed by atoms with Gasteiger partial charge in [0.1, 0.15) is 0 Å². The molecule has 2 heterocycles. The van der Waals surface area contributed by atoms with Crippen LogP contribution >= 0.6 is 0 Å².